The average Bonchev–Trinajstić information content (AvgIpc) is 3.08. The summed E-state index contributed by atoms with van der Waals surface area (Å²) in [4.78, 5) is 22.1. The lowest BCUT2D eigenvalue weighted by Gasteiger charge is -2.32. The molecular weight excluding hydrogens is 365 g/mol. The van der Waals surface area contributed by atoms with Crippen LogP contribution in [0.2, 0.25) is 0 Å². The highest BCUT2D eigenvalue weighted by Crippen LogP contribution is 2.31. The SMILES string of the molecule is O=C(CSC(F)(F)F)N1CCC[C@@H](c2nccn2Cc2ccncc2)C1. The smallest absolute Gasteiger partial charge is 0.341 e. The molecule has 5 nitrogen and oxygen atoms in total. The van der Waals surface area contributed by atoms with Gasteiger partial charge in [0.1, 0.15) is 5.82 Å². The molecule has 0 unspecified atom stereocenters. The second kappa shape index (κ2) is 8.11. The number of aromatic nitrogens is 3. The Morgan fingerprint density at radius 2 is 2.04 bits per heavy atom. The quantitative estimate of drug-likeness (QED) is 0.794. The van der Waals surface area contributed by atoms with Crippen molar-refractivity contribution in [2.75, 3.05) is 18.8 Å². The molecule has 1 fully saturated rings. The minimum atomic E-state index is -4.38. The van der Waals surface area contributed by atoms with Crippen molar-refractivity contribution in [1.29, 1.82) is 0 Å². The van der Waals surface area contributed by atoms with Crippen LogP contribution >= 0.6 is 11.8 Å². The van der Waals surface area contributed by atoms with Gasteiger partial charge in [0.25, 0.3) is 0 Å². The summed E-state index contributed by atoms with van der Waals surface area (Å²) in [7, 11) is 0. The molecule has 1 saturated heterocycles. The maximum atomic E-state index is 12.3. The van der Waals surface area contributed by atoms with Crippen molar-refractivity contribution in [2.45, 2.75) is 30.8 Å². The molecule has 0 aromatic carbocycles. The molecule has 1 aliphatic heterocycles. The molecule has 1 aliphatic rings. The third kappa shape index (κ3) is 5.00. The predicted octanol–water partition coefficient (Wildman–Crippen LogP) is 3.29. The van der Waals surface area contributed by atoms with E-state index in [2.05, 4.69) is 9.97 Å². The highest BCUT2D eigenvalue weighted by molar-refractivity contribution is 8.00. The maximum absolute atomic E-state index is 12.3. The van der Waals surface area contributed by atoms with Gasteiger partial charge in [-0.3, -0.25) is 9.78 Å². The van der Waals surface area contributed by atoms with E-state index in [-0.39, 0.29) is 17.7 Å². The third-order valence-corrected chi connectivity index (χ3v) is 5.07. The molecule has 26 heavy (non-hydrogen) atoms. The topological polar surface area (TPSA) is 51.0 Å². The molecule has 0 bridgehead atoms. The van der Waals surface area contributed by atoms with Gasteiger partial charge >= 0.3 is 5.51 Å². The molecule has 0 saturated carbocycles. The van der Waals surface area contributed by atoms with E-state index in [9.17, 15) is 18.0 Å². The number of likely N-dealkylation sites (tertiary alicyclic amines) is 1. The number of thioether (sulfide) groups is 1. The zero-order valence-corrected chi connectivity index (χ0v) is 14.8. The van der Waals surface area contributed by atoms with E-state index >= 15 is 0 Å². The molecule has 3 rings (SSSR count). The Hall–Kier alpha value is -2.03. The van der Waals surface area contributed by atoms with E-state index in [1.165, 1.54) is 4.90 Å². The van der Waals surface area contributed by atoms with Crippen molar-refractivity contribution < 1.29 is 18.0 Å². The van der Waals surface area contributed by atoms with Gasteiger partial charge in [0.2, 0.25) is 5.91 Å². The zero-order valence-electron chi connectivity index (χ0n) is 14.0. The molecule has 1 amide bonds. The highest BCUT2D eigenvalue weighted by Gasteiger charge is 2.32. The molecule has 140 valence electrons. The van der Waals surface area contributed by atoms with Crippen molar-refractivity contribution in [1.82, 2.24) is 19.4 Å². The average molecular weight is 384 g/mol. The number of alkyl halides is 3. The molecule has 0 N–H and O–H groups in total. The van der Waals surface area contributed by atoms with Gasteiger partial charge in [-0.05, 0) is 42.3 Å². The van der Waals surface area contributed by atoms with E-state index < -0.39 is 17.2 Å². The number of piperidine rings is 1. The van der Waals surface area contributed by atoms with E-state index in [4.69, 9.17) is 0 Å². The minimum Gasteiger partial charge on any atom is -0.341 e. The number of nitrogens with zero attached hydrogens (tertiary/aromatic N) is 4. The van der Waals surface area contributed by atoms with E-state index in [1.807, 2.05) is 22.9 Å². The fourth-order valence-electron chi connectivity index (χ4n) is 3.15. The largest absolute Gasteiger partial charge is 0.442 e. The second-order valence-electron chi connectivity index (χ2n) is 6.18. The van der Waals surface area contributed by atoms with Gasteiger partial charge in [0, 0.05) is 50.3 Å². The lowest BCUT2D eigenvalue weighted by atomic mass is 9.97. The number of rotatable bonds is 5. The van der Waals surface area contributed by atoms with Gasteiger partial charge in [0.15, 0.2) is 0 Å². The van der Waals surface area contributed by atoms with Crippen LogP contribution in [0.25, 0.3) is 0 Å². The first-order valence-electron chi connectivity index (χ1n) is 8.31. The molecule has 0 spiro atoms. The highest BCUT2D eigenvalue weighted by atomic mass is 32.2. The minimum absolute atomic E-state index is 0.0282. The number of amides is 1. The van der Waals surface area contributed by atoms with Crippen molar-refractivity contribution in [3.05, 3.63) is 48.3 Å². The Morgan fingerprint density at radius 1 is 1.27 bits per heavy atom. The number of carbonyl (C=O) groups excluding carboxylic acids is 1. The fourth-order valence-corrected chi connectivity index (χ4v) is 3.62. The number of pyridine rings is 1. The Kier molecular flexibility index (Phi) is 5.85. The molecule has 2 aromatic rings. The molecule has 9 heteroatoms. The van der Waals surface area contributed by atoms with Gasteiger partial charge in [-0.25, -0.2) is 4.98 Å². The lowest BCUT2D eigenvalue weighted by Crippen LogP contribution is -2.41. The molecule has 1 atom stereocenters. The van der Waals surface area contributed by atoms with Crippen molar-refractivity contribution in [3.63, 3.8) is 0 Å². The van der Waals surface area contributed by atoms with E-state index in [0.717, 1.165) is 24.2 Å². The van der Waals surface area contributed by atoms with Crippen molar-refractivity contribution in [3.8, 4) is 0 Å². The summed E-state index contributed by atoms with van der Waals surface area (Å²) in [6.45, 7) is 1.55. The molecule has 3 heterocycles. The van der Waals surface area contributed by atoms with Crippen LogP contribution in [0.15, 0.2) is 36.9 Å². The van der Waals surface area contributed by atoms with Crippen molar-refractivity contribution in [2.24, 2.45) is 0 Å². The second-order valence-corrected chi connectivity index (χ2v) is 7.22. The number of carbonyl (C=O) groups is 1. The van der Waals surface area contributed by atoms with Gasteiger partial charge in [-0.15, -0.1) is 0 Å². The molecule has 2 aromatic heterocycles. The number of halogens is 3. The fraction of sp³-hybridized carbons (Fsp3) is 0.471. The van der Waals surface area contributed by atoms with Crippen LogP contribution in [-0.2, 0) is 11.3 Å². The van der Waals surface area contributed by atoms with Crippen LogP contribution in [0.5, 0.6) is 0 Å². The van der Waals surface area contributed by atoms with Crippen LogP contribution in [-0.4, -0.2) is 49.7 Å². The first kappa shape index (κ1) is 18.8. The Bertz CT molecular complexity index is 735. The van der Waals surface area contributed by atoms with Crippen molar-refractivity contribution >= 4 is 17.7 Å². The van der Waals surface area contributed by atoms with Crippen LogP contribution in [0.4, 0.5) is 13.2 Å². The van der Waals surface area contributed by atoms with Crippen LogP contribution in [0, 0.1) is 0 Å². The number of hydrogen-bond acceptors (Lipinski definition) is 4. The Morgan fingerprint density at radius 3 is 2.77 bits per heavy atom. The maximum Gasteiger partial charge on any atom is 0.442 e. The Labute approximate surface area is 153 Å². The van der Waals surface area contributed by atoms with Gasteiger partial charge < -0.3 is 9.47 Å². The van der Waals surface area contributed by atoms with E-state index in [0.29, 0.717) is 19.6 Å². The lowest BCUT2D eigenvalue weighted by molar-refractivity contribution is -0.129. The van der Waals surface area contributed by atoms with Gasteiger partial charge in [-0.1, -0.05) is 0 Å². The Balaban J connectivity index is 1.65. The summed E-state index contributed by atoms with van der Waals surface area (Å²) in [6.07, 6.45) is 8.68. The summed E-state index contributed by atoms with van der Waals surface area (Å²) < 4.78 is 39.0. The standard InChI is InChI=1S/C17H19F3N4OS/c18-17(19,20)26-12-15(25)23-8-1-2-14(11-23)16-22-7-9-24(16)10-13-3-5-21-6-4-13/h3-7,9,14H,1-2,8,10-12H2/t14-/m1/s1. The molecular formula is C17H19F3N4OS. The number of imidazole rings is 1. The first-order valence-corrected chi connectivity index (χ1v) is 9.29. The summed E-state index contributed by atoms with van der Waals surface area (Å²) >= 11 is -0.279. The van der Waals surface area contributed by atoms with Crippen LogP contribution in [0.3, 0.4) is 0 Å². The first-order chi connectivity index (χ1) is 12.4. The molecule has 0 aliphatic carbocycles. The molecule has 0 radical (unpaired) electrons. The third-order valence-electron chi connectivity index (χ3n) is 4.35. The van der Waals surface area contributed by atoms with Crippen LogP contribution < -0.4 is 0 Å². The number of hydrogen-bond donors (Lipinski definition) is 0. The summed E-state index contributed by atoms with van der Waals surface area (Å²) in [5.74, 6) is -0.144. The zero-order chi connectivity index (χ0) is 18.6. The van der Waals surface area contributed by atoms with E-state index in [1.54, 1.807) is 18.6 Å². The monoisotopic (exact) mass is 384 g/mol. The summed E-state index contributed by atoms with van der Waals surface area (Å²) in [6, 6.07) is 3.85. The summed E-state index contributed by atoms with van der Waals surface area (Å²) in [5.41, 5.74) is -3.30. The predicted molar refractivity (Wildman–Crippen MR) is 92.6 cm³/mol. The normalized spacial score (nSPS) is 18.1. The van der Waals surface area contributed by atoms with Crippen LogP contribution in [0.1, 0.15) is 30.1 Å². The van der Waals surface area contributed by atoms with Gasteiger partial charge in [0.05, 0.1) is 5.75 Å². The summed E-state index contributed by atoms with van der Waals surface area (Å²) in [5, 5.41) is 0. The van der Waals surface area contributed by atoms with Gasteiger partial charge in [-0.2, -0.15) is 13.2 Å².